The molecule has 0 radical (unpaired) electrons. The second-order valence-electron chi connectivity index (χ2n) is 17.7. The van der Waals surface area contributed by atoms with Crippen molar-refractivity contribution in [2.24, 2.45) is 0 Å². The molecule has 0 aliphatic heterocycles. The molecule has 0 fully saturated rings. The van der Waals surface area contributed by atoms with Gasteiger partial charge in [0.05, 0.1) is 5.69 Å². The lowest BCUT2D eigenvalue weighted by Gasteiger charge is -2.30. The second kappa shape index (κ2) is 15.1. The molecule has 1 nitrogen and oxygen atoms in total. The van der Waals surface area contributed by atoms with E-state index in [1.807, 2.05) is 0 Å². The molecule has 1 aliphatic rings. The number of para-hydroxylation sites is 1. The van der Waals surface area contributed by atoms with E-state index >= 15 is 0 Å². The van der Waals surface area contributed by atoms with Crippen LogP contribution in [0.4, 0.5) is 17.1 Å². The minimum absolute atomic E-state index is 0.155. The summed E-state index contributed by atoms with van der Waals surface area (Å²) in [4.78, 5) is 2.44. The number of nitrogens with zero attached hydrogens (tertiary/aromatic N) is 1. The first-order chi connectivity index (χ1) is 31.5. The highest BCUT2D eigenvalue weighted by atomic mass is 15.1. The zero-order valence-electron chi connectivity index (χ0n) is 36.0. The van der Waals surface area contributed by atoms with Crippen molar-refractivity contribution >= 4 is 49.4 Å². The van der Waals surface area contributed by atoms with Crippen molar-refractivity contribution in [1.29, 1.82) is 0 Å². The van der Waals surface area contributed by atoms with E-state index in [0.29, 0.717) is 0 Å². The first kappa shape index (κ1) is 37.7. The Labute approximate surface area is 375 Å². The highest BCUT2D eigenvalue weighted by molar-refractivity contribution is 6.12. The quantitative estimate of drug-likeness (QED) is 0.145. The average molecular weight is 816 g/mol. The predicted molar refractivity (Wildman–Crippen MR) is 273 cm³/mol. The van der Waals surface area contributed by atoms with Crippen molar-refractivity contribution in [2.45, 2.75) is 19.3 Å². The van der Waals surface area contributed by atoms with Crippen LogP contribution in [0.5, 0.6) is 0 Å². The van der Waals surface area contributed by atoms with Gasteiger partial charge in [0.15, 0.2) is 0 Å². The fraction of sp³-hybridized carbons (Fsp3) is 0.0476. The van der Waals surface area contributed by atoms with Crippen LogP contribution in [0.1, 0.15) is 25.0 Å². The number of fused-ring (bicyclic) bond motifs is 7. The smallest absolute Gasteiger partial charge is 0.0540 e. The second-order valence-corrected chi connectivity index (χ2v) is 17.7. The molecule has 0 atom stereocenters. The van der Waals surface area contributed by atoms with Gasteiger partial charge in [-0.25, -0.2) is 0 Å². The Morgan fingerprint density at radius 3 is 1.53 bits per heavy atom. The lowest BCUT2D eigenvalue weighted by atomic mass is 9.78. The zero-order chi connectivity index (χ0) is 42.8. The molecule has 1 aliphatic carbocycles. The Bertz CT molecular complexity index is 3560. The van der Waals surface area contributed by atoms with Crippen LogP contribution < -0.4 is 4.90 Å². The van der Waals surface area contributed by atoms with E-state index < -0.39 is 0 Å². The topological polar surface area (TPSA) is 3.24 Å². The normalized spacial score (nSPS) is 12.7. The summed E-state index contributed by atoms with van der Waals surface area (Å²) in [6.07, 6.45) is 0. The van der Waals surface area contributed by atoms with Gasteiger partial charge in [-0.1, -0.05) is 214 Å². The number of hydrogen-bond donors (Lipinski definition) is 0. The summed E-state index contributed by atoms with van der Waals surface area (Å²) >= 11 is 0. The number of rotatable bonds is 7. The third-order valence-electron chi connectivity index (χ3n) is 13.7. The summed E-state index contributed by atoms with van der Waals surface area (Å²) < 4.78 is 0. The largest absolute Gasteiger partial charge is 0.310 e. The van der Waals surface area contributed by atoms with Gasteiger partial charge in [0, 0.05) is 22.4 Å². The molecule has 12 rings (SSSR count). The van der Waals surface area contributed by atoms with Gasteiger partial charge in [-0.15, -0.1) is 0 Å². The average Bonchev–Trinajstić information content (AvgIpc) is 3.60. The number of hydrogen-bond acceptors (Lipinski definition) is 1. The molecule has 0 unspecified atom stereocenters. The minimum Gasteiger partial charge on any atom is -0.310 e. The van der Waals surface area contributed by atoms with Crippen LogP contribution in [-0.2, 0) is 5.41 Å². The van der Waals surface area contributed by atoms with Crippen molar-refractivity contribution in [3.8, 4) is 55.6 Å². The van der Waals surface area contributed by atoms with E-state index in [-0.39, 0.29) is 5.41 Å². The first-order valence-corrected chi connectivity index (χ1v) is 22.3. The van der Waals surface area contributed by atoms with Gasteiger partial charge in [-0.05, 0) is 130 Å². The van der Waals surface area contributed by atoms with E-state index in [9.17, 15) is 0 Å². The lowest BCUT2D eigenvalue weighted by Crippen LogP contribution is -2.17. The third kappa shape index (κ3) is 6.23. The molecule has 0 heterocycles. The van der Waals surface area contributed by atoms with Crippen LogP contribution in [-0.4, -0.2) is 0 Å². The third-order valence-corrected chi connectivity index (χ3v) is 13.7. The SMILES string of the molecule is CC1(C)c2ccccc2-c2cccc(-c3ccccc3N(c3ccc(-c4ccc(-c5ccc6ccccc6c5)cc4)cc3)c3ccc(-c4cccc5c4ccc4ccccc45)cc3)c21. The molecular weight excluding hydrogens is 771 g/mol. The summed E-state index contributed by atoms with van der Waals surface area (Å²) in [6.45, 7) is 4.76. The van der Waals surface area contributed by atoms with E-state index in [0.717, 1.165) is 17.1 Å². The van der Waals surface area contributed by atoms with Crippen LogP contribution in [0.25, 0.3) is 88.0 Å². The van der Waals surface area contributed by atoms with Gasteiger partial charge < -0.3 is 4.90 Å². The van der Waals surface area contributed by atoms with E-state index in [1.165, 1.54) is 99.1 Å². The molecule has 11 aromatic carbocycles. The predicted octanol–water partition coefficient (Wildman–Crippen LogP) is 17.6. The van der Waals surface area contributed by atoms with Gasteiger partial charge in [0.2, 0.25) is 0 Å². The van der Waals surface area contributed by atoms with E-state index in [4.69, 9.17) is 0 Å². The fourth-order valence-corrected chi connectivity index (χ4v) is 10.5. The molecule has 0 saturated heterocycles. The Morgan fingerprint density at radius 1 is 0.297 bits per heavy atom. The highest BCUT2D eigenvalue weighted by Crippen LogP contribution is 2.54. The van der Waals surface area contributed by atoms with Gasteiger partial charge in [-0.3, -0.25) is 0 Å². The van der Waals surface area contributed by atoms with Crippen molar-refractivity contribution in [1.82, 2.24) is 0 Å². The fourth-order valence-electron chi connectivity index (χ4n) is 10.5. The maximum Gasteiger partial charge on any atom is 0.0540 e. The van der Waals surface area contributed by atoms with E-state index in [1.54, 1.807) is 0 Å². The van der Waals surface area contributed by atoms with Crippen LogP contribution in [0.2, 0.25) is 0 Å². The molecule has 0 N–H and O–H groups in total. The Balaban J connectivity index is 0.962. The lowest BCUT2D eigenvalue weighted by molar-refractivity contribution is 0.662. The van der Waals surface area contributed by atoms with Gasteiger partial charge in [0.1, 0.15) is 0 Å². The summed E-state index contributed by atoms with van der Waals surface area (Å²) in [5, 5.41) is 7.60. The molecule has 0 aromatic heterocycles. The molecule has 0 amide bonds. The maximum atomic E-state index is 2.44. The summed E-state index contributed by atoms with van der Waals surface area (Å²) in [5.41, 5.74) is 18.3. The number of anilines is 3. The molecule has 0 spiro atoms. The molecule has 0 bridgehead atoms. The van der Waals surface area contributed by atoms with Crippen LogP contribution >= 0.6 is 0 Å². The van der Waals surface area contributed by atoms with Crippen LogP contribution in [0.15, 0.2) is 237 Å². The van der Waals surface area contributed by atoms with Crippen molar-refractivity contribution < 1.29 is 0 Å². The monoisotopic (exact) mass is 815 g/mol. The molecule has 302 valence electrons. The summed E-state index contributed by atoms with van der Waals surface area (Å²) in [7, 11) is 0. The van der Waals surface area contributed by atoms with Crippen LogP contribution in [0, 0.1) is 0 Å². The van der Waals surface area contributed by atoms with Crippen molar-refractivity contribution in [2.75, 3.05) is 4.90 Å². The van der Waals surface area contributed by atoms with Gasteiger partial charge in [-0.2, -0.15) is 0 Å². The highest BCUT2D eigenvalue weighted by Gasteiger charge is 2.37. The molecular formula is C63H45N. The van der Waals surface area contributed by atoms with Crippen molar-refractivity contribution in [3.05, 3.63) is 248 Å². The summed E-state index contributed by atoms with van der Waals surface area (Å²) in [5.74, 6) is 0. The Kier molecular flexibility index (Phi) is 8.91. The zero-order valence-corrected chi connectivity index (χ0v) is 36.0. The standard InChI is InChI=1S/C63H45N/c1-63(2)60-23-9-7-17-56(60)58-21-12-22-59(62(58)63)57-18-8-10-24-61(57)64(51-38-33-47(34-39-51)53-19-11-20-54-52-16-6-5-14-46(52)35-40-55(53)54)50-36-31-44(32-37-50)43-25-27-45(28-26-43)49-30-29-42-13-3-4-15-48(42)41-49/h3-41H,1-2H3. The molecule has 1 heteroatoms. The Morgan fingerprint density at radius 2 is 0.781 bits per heavy atom. The molecule has 11 aromatic rings. The van der Waals surface area contributed by atoms with Gasteiger partial charge >= 0.3 is 0 Å². The number of benzene rings is 11. The molecule has 64 heavy (non-hydrogen) atoms. The van der Waals surface area contributed by atoms with Crippen LogP contribution in [0.3, 0.4) is 0 Å². The summed E-state index contributed by atoms with van der Waals surface area (Å²) in [6, 6.07) is 87.1. The first-order valence-electron chi connectivity index (χ1n) is 22.3. The maximum absolute atomic E-state index is 2.44. The van der Waals surface area contributed by atoms with E-state index in [2.05, 4.69) is 255 Å². The minimum atomic E-state index is -0.155. The van der Waals surface area contributed by atoms with Crippen molar-refractivity contribution in [3.63, 3.8) is 0 Å². The van der Waals surface area contributed by atoms with Gasteiger partial charge in [0.25, 0.3) is 0 Å². The Hall–Kier alpha value is -8.00. The molecule has 0 saturated carbocycles.